The maximum absolute atomic E-state index is 12.1. The maximum Gasteiger partial charge on any atom is 0.341 e. The third-order valence-electron chi connectivity index (χ3n) is 4.42. The van der Waals surface area contributed by atoms with Gasteiger partial charge in [-0.25, -0.2) is 14.6 Å². The van der Waals surface area contributed by atoms with E-state index in [9.17, 15) is 9.59 Å². The molecule has 4 aromatic rings. The molecule has 0 unspecified atom stereocenters. The largest absolute Gasteiger partial charge is 0.496 e. The third-order valence-corrected chi connectivity index (χ3v) is 5.11. The van der Waals surface area contributed by atoms with Crippen molar-refractivity contribution in [3.8, 4) is 17.2 Å². The minimum Gasteiger partial charge on any atom is -0.496 e. The molecule has 0 bridgehead atoms. The number of nitrogens with one attached hydrogen (secondary N) is 2. The fraction of sp³-hybridized carbons (Fsp3) is 0.0909. The zero-order valence-corrected chi connectivity index (χ0v) is 17.9. The minimum atomic E-state index is -0.523. The number of thiazole rings is 1. The summed E-state index contributed by atoms with van der Waals surface area (Å²) in [5.41, 5.74) is 1.46. The molecule has 0 saturated heterocycles. The Labute approximate surface area is 187 Å². The van der Waals surface area contributed by atoms with E-state index in [2.05, 4.69) is 20.6 Å². The number of carbonyl (C=O) groups is 2. The highest BCUT2D eigenvalue weighted by Crippen LogP contribution is 2.33. The number of nitrogens with zero attached hydrogens (tertiary/aromatic N) is 2. The van der Waals surface area contributed by atoms with Crippen molar-refractivity contribution < 1.29 is 23.8 Å². The fourth-order valence-corrected chi connectivity index (χ4v) is 3.48. The molecule has 2 aromatic carbocycles. The van der Waals surface area contributed by atoms with E-state index in [4.69, 9.17) is 14.2 Å². The summed E-state index contributed by atoms with van der Waals surface area (Å²) in [4.78, 5) is 32.5. The van der Waals surface area contributed by atoms with Crippen molar-refractivity contribution in [1.29, 1.82) is 0 Å². The topological polar surface area (TPSA) is 112 Å². The van der Waals surface area contributed by atoms with Crippen LogP contribution >= 0.6 is 11.3 Å². The number of aromatic nitrogens is 2. The van der Waals surface area contributed by atoms with Gasteiger partial charge in [-0.15, -0.1) is 11.3 Å². The lowest BCUT2D eigenvalue weighted by Crippen LogP contribution is -2.19. The van der Waals surface area contributed by atoms with E-state index in [1.807, 2.05) is 0 Å². The highest BCUT2D eigenvalue weighted by molar-refractivity contribution is 7.13. The molecule has 0 saturated carbocycles. The summed E-state index contributed by atoms with van der Waals surface area (Å²) in [6, 6.07) is 11.4. The number of benzene rings is 2. The number of ether oxygens (including phenoxy) is 3. The van der Waals surface area contributed by atoms with E-state index < -0.39 is 12.0 Å². The molecule has 2 heterocycles. The molecular formula is C22H18N4O5S. The van der Waals surface area contributed by atoms with Gasteiger partial charge in [-0.1, -0.05) is 0 Å². The van der Waals surface area contributed by atoms with Crippen molar-refractivity contribution in [2.45, 2.75) is 0 Å². The second-order valence-electron chi connectivity index (χ2n) is 6.41. The fourth-order valence-electron chi connectivity index (χ4n) is 2.95. The van der Waals surface area contributed by atoms with E-state index in [-0.39, 0.29) is 5.56 Å². The molecule has 0 radical (unpaired) electrons. The molecule has 4 rings (SSSR count). The molecule has 0 spiro atoms. The van der Waals surface area contributed by atoms with Crippen LogP contribution in [0.5, 0.6) is 17.2 Å². The molecule has 162 valence electrons. The average Bonchev–Trinajstić information content (AvgIpc) is 3.32. The monoisotopic (exact) mass is 450 g/mol. The van der Waals surface area contributed by atoms with Crippen LogP contribution < -0.4 is 20.1 Å². The number of amides is 2. The number of pyridine rings is 1. The Morgan fingerprint density at radius 2 is 1.75 bits per heavy atom. The molecule has 2 amide bonds. The maximum atomic E-state index is 12.1. The van der Waals surface area contributed by atoms with Crippen molar-refractivity contribution in [3.05, 3.63) is 65.8 Å². The summed E-state index contributed by atoms with van der Waals surface area (Å²) in [5, 5.41) is 8.28. The second kappa shape index (κ2) is 9.31. The molecule has 10 heteroatoms. The zero-order chi connectivity index (χ0) is 22.5. The van der Waals surface area contributed by atoms with Crippen LogP contribution in [0.25, 0.3) is 10.9 Å². The van der Waals surface area contributed by atoms with Crippen LogP contribution in [-0.2, 0) is 4.74 Å². The molecule has 9 nitrogen and oxygen atoms in total. The standard InChI is InChI=1S/C22H18N4O5S/c1-29-19-12-17-15(11-16(19)20(27)30-2)18(7-8-23-17)31-14-5-3-13(4-6-14)25-21(28)26-22-24-9-10-32-22/h3-12H,1-2H3,(H2,24,25,26,28). The Bertz CT molecular complexity index is 1260. The number of carbonyl (C=O) groups excluding carboxylic acids is 2. The SMILES string of the molecule is COC(=O)c1cc2c(Oc3ccc(NC(=O)Nc4nccs4)cc3)ccnc2cc1OC. The average molecular weight is 450 g/mol. The summed E-state index contributed by atoms with van der Waals surface area (Å²) in [7, 11) is 2.78. The van der Waals surface area contributed by atoms with Crippen LogP contribution in [0, 0.1) is 0 Å². The van der Waals surface area contributed by atoms with E-state index in [1.54, 1.807) is 60.2 Å². The van der Waals surface area contributed by atoms with Gasteiger partial charge in [0.1, 0.15) is 22.8 Å². The molecule has 0 fully saturated rings. The van der Waals surface area contributed by atoms with Gasteiger partial charge in [0.25, 0.3) is 0 Å². The van der Waals surface area contributed by atoms with Gasteiger partial charge < -0.3 is 19.5 Å². The van der Waals surface area contributed by atoms with E-state index in [0.29, 0.717) is 39.0 Å². The van der Waals surface area contributed by atoms with Crippen LogP contribution in [0.1, 0.15) is 10.4 Å². The zero-order valence-electron chi connectivity index (χ0n) is 17.1. The number of hydrogen-bond acceptors (Lipinski definition) is 8. The first kappa shape index (κ1) is 21.1. The van der Waals surface area contributed by atoms with Gasteiger partial charge >= 0.3 is 12.0 Å². The smallest absolute Gasteiger partial charge is 0.341 e. The molecule has 2 N–H and O–H groups in total. The normalized spacial score (nSPS) is 10.4. The minimum absolute atomic E-state index is 0.270. The lowest BCUT2D eigenvalue weighted by Gasteiger charge is -2.12. The first-order chi connectivity index (χ1) is 15.6. The number of urea groups is 1. The molecule has 32 heavy (non-hydrogen) atoms. The highest BCUT2D eigenvalue weighted by Gasteiger charge is 2.17. The van der Waals surface area contributed by atoms with Gasteiger partial charge in [0.2, 0.25) is 0 Å². The van der Waals surface area contributed by atoms with Crippen molar-refractivity contribution in [1.82, 2.24) is 9.97 Å². The van der Waals surface area contributed by atoms with Gasteiger partial charge in [0.15, 0.2) is 5.13 Å². The van der Waals surface area contributed by atoms with Crippen molar-refractivity contribution in [2.24, 2.45) is 0 Å². The molecule has 2 aromatic heterocycles. The van der Waals surface area contributed by atoms with Crippen LogP contribution in [0.2, 0.25) is 0 Å². The van der Waals surface area contributed by atoms with Gasteiger partial charge in [0.05, 0.1) is 19.7 Å². The van der Waals surface area contributed by atoms with Gasteiger partial charge in [-0.05, 0) is 36.4 Å². The highest BCUT2D eigenvalue weighted by atomic mass is 32.1. The number of methoxy groups -OCH3 is 2. The lowest BCUT2D eigenvalue weighted by atomic mass is 10.1. The van der Waals surface area contributed by atoms with Crippen LogP contribution in [0.15, 0.2) is 60.2 Å². The number of anilines is 2. The summed E-state index contributed by atoms with van der Waals surface area (Å²) >= 11 is 1.33. The van der Waals surface area contributed by atoms with E-state index >= 15 is 0 Å². The predicted molar refractivity (Wildman–Crippen MR) is 121 cm³/mol. The van der Waals surface area contributed by atoms with E-state index in [1.165, 1.54) is 25.6 Å². The Hall–Kier alpha value is -4.18. The predicted octanol–water partition coefficient (Wildman–Crippen LogP) is 4.92. The number of rotatable bonds is 6. The third kappa shape index (κ3) is 4.60. The van der Waals surface area contributed by atoms with Gasteiger partial charge in [-0.3, -0.25) is 10.3 Å². The summed E-state index contributed by atoms with van der Waals surface area (Å²) in [6.07, 6.45) is 3.22. The quantitative estimate of drug-likeness (QED) is 0.401. The van der Waals surface area contributed by atoms with Crippen LogP contribution in [0.4, 0.5) is 15.6 Å². The van der Waals surface area contributed by atoms with E-state index in [0.717, 1.165) is 0 Å². The second-order valence-corrected chi connectivity index (χ2v) is 7.31. The Morgan fingerprint density at radius 3 is 2.44 bits per heavy atom. The van der Waals surface area contributed by atoms with Crippen molar-refractivity contribution >= 4 is 45.1 Å². The Balaban J connectivity index is 1.54. The summed E-state index contributed by atoms with van der Waals surface area (Å²) in [6.45, 7) is 0. The van der Waals surface area contributed by atoms with Crippen molar-refractivity contribution in [2.75, 3.05) is 24.9 Å². The number of esters is 1. The Morgan fingerprint density at radius 1 is 0.938 bits per heavy atom. The Kier molecular flexibility index (Phi) is 6.13. The van der Waals surface area contributed by atoms with Gasteiger partial charge in [-0.2, -0.15) is 0 Å². The molecule has 0 aliphatic carbocycles. The van der Waals surface area contributed by atoms with Gasteiger partial charge in [0, 0.05) is 34.9 Å². The van der Waals surface area contributed by atoms with Crippen molar-refractivity contribution in [3.63, 3.8) is 0 Å². The first-order valence-corrected chi connectivity index (χ1v) is 10.3. The summed E-state index contributed by atoms with van der Waals surface area (Å²) in [5.74, 6) is 0.884. The lowest BCUT2D eigenvalue weighted by molar-refractivity contribution is 0.0597. The van der Waals surface area contributed by atoms with Crippen LogP contribution in [0.3, 0.4) is 0 Å². The molecular weight excluding hydrogens is 432 g/mol. The first-order valence-electron chi connectivity index (χ1n) is 9.38. The molecule has 0 aliphatic heterocycles. The van der Waals surface area contributed by atoms with Crippen LogP contribution in [-0.4, -0.2) is 36.2 Å². The number of hydrogen-bond donors (Lipinski definition) is 2. The molecule has 0 atom stereocenters. The summed E-state index contributed by atoms with van der Waals surface area (Å²) < 4.78 is 16.1. The molecule has 0 aliphatic rings. The number of fused-ring (bicyclic) bond motifs is 1.